The van der Waals surface area contributed by atoms with E-state index in [9.17, 15) is 20.2 Å². The molecule has 0 unspecified atom stereocenters. The quantitative estimate of drug-likeness (QED) is 0.191. The molecule has 0 saturated heterocycles. The molecule has 0 aromatic heterocycles. The lowest BCUT2D eigenvalue weighted by molar-refractivity contribution is -0.384. The second-order valence-electron chi connectivity index (χ2n) is 9.65. The number of non-ortho nitro benzene ring substituents is 1. The van der Waals surface area contributed by atoms with E-state index < -0.39 is 10.8 Å². The van der Waals surface area contributed by atoms with Gasteiger partial charge in [0.15, 0.2) is 5.78 Å². The summed E-state index contributed by atoms with van der Waals surface area (Å²) in [7, 11) is 1.56. The fourth-order valence-electron chi connectivity index (χ4n) is 5.37. The molecule has 0 saturated carbocycles. The van der Waals surface area contributed by atoms with E-state index in [-0.39, 0.29) is 29.5 Å². The summed E-state index contributed by atoms with van der Waals surface area (Å²) in [5, 5.41) is 21.9. The first-order valence-corrected chi connectivity index (χ1v) is 15.2. The predicted octanol–water partition coefficient (Wildman–Crippen LogP) is 7.77. The third kappa shape index (κ3) is 5.56. The highest BCUT2D eigenvalue weighted by atomic mass is 79.9. The molecule has 5 rings (SSSR count). The number of carbonyl (C=O) groups excluding carboxylic acids is 1. The van der Waals surface area contributed by atoms with Crippen molar-refractivity contribution >= 4 is 64.9 Å². The molecular weight excluding hydrogens is 736 g/mol. The Morgan fingerprint density at radius 2 is 1.86 bits per heavy atom. The zero-order valence-corrected chi connectivity index (χ0v) is 27.0. The minimum Gasteiger partial charge on any atom is -0.496 e. The second-order valence-corrected chi connectivity index (χ2v) is 12.3. The molecule has 0 bridgehead atoms. The maximum Gasteiger partial charge on any atom is 0.271 e. The number of nitrogens with zero attached hydrogens (tertiary/aromatic N) is 3. The van der Waals surface area contributed by atoms with Crippen LogP contribution in [0.15, 0.2) is 90.7 Å². The Bertz CT molecular complexity index is 1710. The van der Waals surface area contributed by atoms with Crippen molar-refractivity contribution in [2.75, 3.05) is 12.0 Å². The average molecular weight is 759 g/mol. The van der Waals surface area contributed by atoms with Crippen LogP contribution in [0.5, 0.6) is 11.5 Å². The zero-order valence-electron chi connectivity index (χ0n) is 22.2. The van der Waals surface area contributed by atoms with Crippen molar-refractivity contribution in [3.05, 3.63) is 112 Å². The highest BCUT2D eigenvalue weighted by Crippen LogP contribution is 2.47. The number of methoxy groups -OCH3 is 1. The largest absolute Gasteiger partial charge is 0.496 e. The van der Waals surface area contributed by atoms with E-state index in [4.69, 9.17) is 15.2 Å². The number of nitro groups is 1. The molecule has 0 spiro atoms. The lowest BCUT2D eigenvalue weighted by atomic mass is 9.75. The van der Waals surface area contributed by atoms with E-state index in [0.717, 1.165) is 13.4 Å². The van der Waals surface area contributed by atoms with Crippen LogP contribution in [0.4, 0.5) is 11.4 Å². The van der Waals surface area contributed by atoms with Gasteiger partial charge in [0.2, 0.25) is 0 Å². The second kappa shape index (κ2) is 12.3. The standard InChI is InChI=1S/C30H23Br3N4O5/c1-41-26-9-8-16(10-17(26)15-42-29-22(32)11-18(31)12-23(29)33)27-21(14-34)30(35)36(24-6-3-7-25(38)28(24)27)19-4-2-5-20(13-19)37(39)40/h2,4-5,8-13,27H,3,6-7,15,35H2,1H3/t27-/m0/s1. The van der Waals surface area contributed by atoms with Crippen LogP contribution in [0.1, 0.15) is 36.3 Å². The highest BCUT2D eigenvalue weighted by Gasteiger charge is 2.40. The maximum atomic E-state index is 13.5. The first kappa shape index (κ1) is 29.8. The molecule has 3 aromatic carbocycles. The fourth-order valence-corrected chi connectivity index (χ4v) is 7.86. The van der Waals surface area contributed by atoms with Gasteiger partial charge in [-0.05, 0) is 80.6 Å². The van der Waals surface area contributed by atoms with Crippen LogP contribution in [-0.4, -0.2) is 17.8 Å². The summed E-state index contributed by atoms with van der Waals surface area (Å²) in [5.74, 6) is 0.506. The molecule has 42 heavy (non-hydrogen) atoms. The summed E-state index contributed by atoms with van der Waals surface area (Å²) in [6.45, 7) is 0.142. The zero-order chi connectivity index (χ0) is 30.1. The molecule has 1 aliphatic carbocycles. The number of ether oxygens (including phenoxy) is 2. The number of hydrogen-bond acceptors (Lipinski definition) is 8. The van der Waals surface area contributed by atoms with Crippen molar-refractivity contribution < 1.29 is 19.2 Å². The lowest BCUT2D eigenvalue weighted by Gasteiger charge is -2.39. The summed E-state index contributed by atoms with van der Waals surface area (Å²) >= 11 is 10.5. The number of anilines is 1. The summed E-state index contributed by atoms with van der Waals surface area (Å²) in [6, 6.07) is 17.5. The van der Waals surface area contributed by atoms with Crippen LogP contribution in [0.25, 0.3) is 0 Å². The Morgan fingerprint density at radius 3 is 2.52 bits per heavy atom. The van der Waals surface area contributed by atoms with Gasteiger partial charge in [0.25, 0.3) is 5.69 Å². The molecule has 0 fully saturated rings. The molecule has 1 aliphatic heterocycles. The van der Waals surface area contributed by atoms with Gasteiger partial charge in [0.1, 0.15) is 23.9 Å². The molecular formula is C30H23Br3N4O5. The number of carbonyl (C=O) groups is 1. The van der Waals surface area contributed by atoms with Gasteiger partial charge in [-0.1, -0.05) is 28.1 Å². The normalized spacial score (nSPS) is 16.7. The number of nitro benzene ring substituents is 1. The number of Topliss-reactive ketones (excluding diaryl/α,β-unsaturated/α-hetero) is 1. The number of ketones is 1. The molecule has 214 valence electrons. The van der Waals surface area contributed by atoms with E-state index in [2.05, 4.69) is 53.9 Å². The van der Waals surface area contributed by atoms with Crippen molar-refractivity contribution in [3.63, 3.8) is 0 Å². The van der Waals surface area contributed by atoms with Crippen LogP contribution >= 0.6 is 47.8 Å². The van der Waals surface area contributed by atoms with Crippen LogP contribution in [-0.2, 0) is 11.4 Å². The van der Waals surface area contributed by atoms with E-state index in [1.54, 1.807) is 30.2 Å². The lowest BCUT2D eigenvalue weighted by Crippen LogP contribution is -2.38. The smallest absolute Gasteiger partial charge is 0.271 e. The fraction of sp³-hybridized carbons (Fsp3) is 0.200. The first-order chi connectivity index (χ1) is 20.1. The van der Waals surface area contributed by atoms with Crippen LogP contribution in [0, 0.1) is 21.4 Å². The first-order valence-electron chi connectivity index (χ1n) is 12.8. The molecule has 12 heteroatoms. The summed E-state index contributed by atoms with van der Waals surface area (Å²) in [6.07, 6.45) is 1.45. The monoisotopic (exact) mass is 756 g/mol. The highest BCUT2D eigenvalue weighted by molar-refractivity contribution is 9.11. The SMILES string of the molecule is COc1ccc([C@H]2C(C#N)=C(N)N(c3cccc([N+](=O)[O-])c3)C3=C2C(=O)CCC3)cc1COc1c(Br)cc(Br)cc1Br. The van der Waals surface area contributed by atoms with E-state index >= 15 is 0 Å². The van der Waals surface area contributed by atoms with Gasteiger partial charge in [0, 0.05) is 39.9 Å². The predicted molar refractivity (Wildman–Crippen MR) is 168 cm³/mol. The number of nitrogens with two attached hydrogens (primary N) is 1. The molecule has 0 radical (unpaired) electrons. The van der Waals surface area contributed by atoms with Gasteiger partial charge in [-0.25, -0.2) is 0 Å². The minimum absolute atomic E-state index is 0.0896. The van der Waals surface area contributed by atoms with E-state index in [1.165, 1.54) is 12.1 Å². The Hall–Kier alpha value is -3.66. The van der Waals surface area contributed by atoms with Gasteiger partial charge in [-0.15, -0.1) is 0 Å². The maximum absolute atomic E-state index is 13.5. The average Bonchev–Trinajstić information content (AvgIpc) is 2.96. The minimum atomic E-state index is -0.719. The van der Waals surface area contributed by atoms with Crippen molar-refractivity contribution in [2.24, 2.45) is 5.73 Å². The topological polar surface area (TPSA) is 132 Å². The van der Waals surface area contributed by atoms with E-state index in [0.29, 0.717) is 58.8 Å². The summed E-state index contributed by atoms with van der Waals surface area (Å²) < 4.78 is 14.1. The van der Waals surface area contributed by atoms with E-state index in [1.807, 2.05) is 24.3 Å². The molecule has 2 aliphatic rings. The van der Waals surface area contributed by atoms with Crippen molar-refractivity contribution in [1.82, 2.24) is 0 Å². The number of allylic oxidation sites excluding steroid dienone is 3. The van der Waals surface area contributed by atoms with Crippen LogP contribution < -0.4 is 20.1 Å². The molecule has 0 amide bonds. The van der Waals surface area contributed by atoms with Gasteiger partial charge in [-0.3, -0.25) is 19.8 Å². The van der Waals surface area contributed by atoms with Gasteiger partial charge in [-0.2, -0.15) is 5.26 Å². The third-order valence-electron chi connectivity index (χ3n) is 7.18. The number of benzene rings is 3. The number of nitriles is 1. The van der Waals surface area contributed by atoms with Gasteiger partial charge in [0.05, 0.1) is 44.2 Å². The summed E-state index contributed by atoms with van der Waals surface area (Å²) in [5.41, 5.74) is 9.64. The van der Waals surface area contributed by atoms with Crippen molar-refractivity contribution in [3.8, 4) is 17.6 Å². The van der Waals surface area contributed by atoms with Gasteiger partial charge >= 0.3 is 0 Å². The Labute approximate surface area is 267 Å². The Kier molecular flexibility index (Phi) is 8.73. The van der Waals surface area contributed by atoms with Crippen molar-refractivity contribution in [2.45, 2.75) is 31.8 Å². The molecule has 1 heterocycles. The number of rotatable bonds is 7. The van der Waals surface area contributed by atoms with Crippen LogP contribution in [0.3, 0.4) is 0 Å². The molecule has 3 aromatic rings. The molecule has 1 atom stereocenters. The number of halogens is 3. The molecule has 2 N–H and O–H groups in total. The number of hydrogen-bond donors (Lipinski definition) is 1. The Balaban J connectivity index is 1.61. The van der Waals surface area contributed by atoms with Gasteiger partial charge < -0.3 is 15.2 Å². The third-order valence-corrected chi connectivity index (χ3v) is 8.82. The molecule has 9 nitrogen and oxygen atoms in total. The summed E-state index contributed by atoms with van der Waals surface area (Å²) in [4.78, 5) is 26.1. The van der Waals surface area contributed by atoms with Crippen molar-refractivity contribution in [1.29, 1.82) is 5.26 Å². The Morgan fingerprint density at radius 1 is 1.12 bits per heavy atom. The van der Waals surface area contributed by atoms with Crippen LogP contribution in [0.2, 0.25) is 0 Å².